The number of hydrogen-bond acceptors (Lipinski definition) is 4. The Morgan fingerprint density at radius 3 is 2.41 bits per heavy atom. The van der Waals surface area contributed by atoms with Gasteiger partial charge < -0.3 is 10.6 Å². The van der Waals surface area contributed by atoms with E-state index in [1.807, 2.05) is 0 Å². The van der Waals surface area contributed by atoms with Gasteiger partial charge in [-0.3, -0.25) is 14.6 Å². The highest BCUT2D eigenvalue weighted by Crippen LogP contribution is 2.13. The Morgan fingerprint density at radius 1 is 1.05 bits per heavy atom. The summed E-state index contributed by atoms with van der Waals surface area (Å²) in [5, 5.41) is 5.98. The number of nitrogens with one attached hydrogen (secondary N) is 2. The molecule has 0 bridgehead atoms. The number of rotatable bonds is 6. The number of Topliss-reactive ketones (excluding diaryl/α,β-unsaturated/α-hetero) is 1. The predicted molar refractivity (Wildman–Crippen MR) is 87.4 cm³/mol. The van der Waals surface area contributed by atoms with Gasteiger partial charge >= 0.3 is 0 Å². The van der Waals surface area contributed by atoms with Gasteiger partial charge in [0.15, 0.2) is 5.78 Å². The smallest absolute Gasteiger partial charge is 0.257 e. The number of benzene rings is 1. The van der Waals surface area contributed by atoms with Gasteiger partial charge in [0, 0.05) is 30.2 Å². The van der Waals surface area contributed by atoms with Crippen molar-refractivity contribution in [3.05, 3.63) is 53.9 Å². The lowest BCUT2D eigenvalue weighted by atomic mass is 10.1. The van der Waals surface area contributed by atoms with E-state index in [4.69, 9.17) is 0 Å². The van der Waals surface area contributed by atoms with E-state index in [2.05, 4.69) is 22.5 Å². The first-order valence-electron chi connectivity index (χ1n) is 7.21. The molecule has 1 heterocycles. The molecule has 0 fully saturated rings. The number of carbonyl (C=O) groups is 2. The van der Waals surface area contributed by atoms with E-state index >= 15 is 0 Å². The first-order valence-corrected chi connectivity index (χ1v) is 7.21. The molecule has 0 saturated heterocycles. The fraction of sp³-hybridized carbons (Fsp3) is 0.235. The zero-order valence-electron chi connectivity index (χ0n) is 12.7. The second kappa shape index (κ2) is 7.36. The van der Waals surface area contributed by atoms with Crippen LogP contribution in [0.1, 0.15) is 41.0 Å². The summed E-state index contributed by atoms with van der Waals surface area (Å²) < 4.78 is 0. The average Bonchev–Trinajstić information content (AvgIpc) is 2.53. The van der Waals surface area contributed by atoms with Gasteiger partial charge in [0.05, 0.1) is 11.3 Å². The van der Waals surface area contributed by atoms with E-state index in [1.165, 1.54) is 13.1 Å². The highest BCUT2D eigenvalue weighted by Gasteiger charge is 2.08. The van der Waals surface area contributed by atoms with E-state index < -0.39 is 0 Å². The van der Waals surface area contributed by atoms with Crippen LogP contribution >= 0.6 is 0 Å². The van der Waals surface area contributed by atoms with Gasteiger partial charge in [-0.1, -0.05) is 6.92 Å². The predicted octanol–water partition coefficient (Wildman–Crippen LogP) is 3.36. The standard InChI is InChI=1S/C17H19N3O2/c1-3-8-19-16-9-14(10-18-11-16)17(22)20-15-6-4-13(5-7-15)12(2)21/h4-7,9-11,19H,3,8H2,1-2H3,(H,20,22). The zero-order valence-corrected chi connectivity index (χ0v) is 12.7. The Labute approximate surface area is 129 Å². The molecule has 22 heavy (non-hydrogen) atoms. The number of nitrogens with zero attached hydrogens (tertiary/aromatic N) is 1. The van der Waals surface area contributed by atoms with Crippen LogP contribution in [0.5, 0.6) is 0 Å². The molecule has 0 radical (unpaired) electrons. The second-order valence-electron chi connectivity index (χ2n) is 4.98. The number of hydrogen-bond donors (Lipinski definition) is 2. The van der Waals surface area contributed by atoms with Crippen molar-refractivity contribution in [3.8, 4) is 0 Å². The molecule has 0 saturated carbocycles. The lowest BCUT2D eigenvalue weighted by Crippen LogP contribution is -2.13. The molecule has 1 aromatic carbocycles. The molecule has 5 nitrogen and oxygen atoms in total. The third-order valence-corrected chi connectivity index (χ3v) is 3.13. The molecule has 0 aliphatic heterocycles. The molecule has 2 N–H and O–H groups in total. The highest BCUT2D eigenvalue weighted by atomic mass is 16.1. The van der Waals surface area contributed by atoms with E-state index in [1.54, 1.807) is 36.5 Å². The normalized spacial score (nSPS) is 10.1. The van der Waals surface area contributed by atoms with Crippen LogP contribution in [0, 0.1) is 0 Å². The van der Waals surface area contributed by atoms with E-state index in [9.17, 15) is 9.59 Å². The minimum atomic E-state index is -0.233. The Kier molecular flexibility index (Phi) is 5.25. The molecular formula is C17H19N3O2. The summed E-state index contributed by atoms with van der Waals surface area (Å²) in [6, 6.07) is 8.56. The largest absolute Gasteiger partial charge is 0.384 e. The SMILES string of the molecule is CCCNc1cncc(C(=O)Nc2ccc(C(C)=O)cc2)c1. The van der Waals surface area contributed by atoms with Gasteiger partial charge in [-0.05, 0) is 43.7 Å². The molecule has 1 aromatic heterocycles. The first-order chi connectivity index (χ1) is 10.6. The minimum Gasteiger partial charge on any atom is -0.384 e. The minimum absolute atomic E-state index is 0.00298. The Bertz CT molecular complexity index is 666. The quantitative estimate of drug-likeness (QED) is 0.802. The van der Waals surface area contributed by atoms with Gasteiger partial charge in [-0.2, -0.15) is 0 Å². The summed E-state index contributed by atoms with van der Waals surface area (Å²) in [7, 11) is 0. The van der Waals surface area contributed by atoms with Crippen LogP contribution in [-0.2, 0) is 0 Å². The zero-order chi connectivity index (χ0) is 15.9. The molecule has 1 amide bonds. The van der Waals surface area contributed by atoms with Crippen molar-refractivity contribution >= 4 is 23.1 Å². The number of aromatic nitrogens is 1. The molecule has 0 spiro atoms. The van der Waals surface area contributed by atoms with Crippen molar-refractivity contribution in [2.45, 2.75) is 20.3 Å². The summed E-state index contributed by atoms with van der Waals surface area (Å²) in [5.74, 6) is -0.236. The molecule has 114 valence electrons. The van der Waals surface area contributed by atoms with Gasteiger partial charge in [0.25, 0.3) is 5.91 Å². The third kappa shape index (κ3) is 4.15. The van der Waals surface area contributed by atoms with E-state index in [-0.39, 0.29) is 11.7 Å². The molecule has 0 atom stereocenters. The van der Waals surface area contributed by atoms with Crippen LogP contribution in [0.2, 0.25) is 0 Å². The highest BCUT2D eigenvalue weighted by molar-refractivity contribution is 6.04. The number of amides is 1. The van der Waals surface area contributed by atoms with Gasteiger partial charge in [-0.15, -0.1) is 0 Å². The second-order valence-corrected chi connectivity index (χ2v) is 4.98. The van der Waals surface area contributed by atoms with E-state index in [0.29, 0.717) is 16.8 Å². The average molecular weight is 297 g/mol. The Hall–Kier alpha value is -2.69. The number of anilines is 2. The van der Waals surface area contributed by atoms with Crippen LogP contribution < -0.4 is 10.6 Å². The number of ketones is 1. The number of carbonyl (C=O) groups excluding carboxylic acids is 2. The molecule has 0 aliphatic carbocycles. The first kappa shape index (κ1) is 15.7. The maximum Gasteiger partial charge on any atom is 0.257 e. The van der Waals surface area contributed by atoms with Crippen LogP contribution in [0.4, 0.5) is 11.4 Å². The third-order valence-electron chi connectivity index (χ3n) is 3.13. The van der Waals surface area contributed by atoms with Crippen LogP contribution in [0.25, 0.3) is 0 Å². The van der Waals surface area contributed by atoms with Crippen molar-refractivity contribution in [1.82, 2.24) is 4.98 Å². The van der Waals surface area contributed by atoms with Crippen molar-refractivity contribution in [2.75, 3.05) is 17.2 Å². The molecule has 0 aliphatic rings. The van der Waals surface area contributed by atoms with Crippen LogP contribution in [0.15, 0.2) is 42.7 Å². The van der Waals surface area contributed by atoms with Crippen molar-refractivity contribution in [3.63, 3.8) is 0 Å². The fourth-order valence-corrected chi connectivity index (χ4v) is 1.92. The van der Waals surface area contributed by atoms with Crippen LogP contribution in [-0.4, -0.2) is 23.2 Å². The molecule has 2 rings (SSSR count). The maximum atomic E-state index is 12.2. The lowest BCUT2D eigenvalue weighted by molar-refractivity contribution is 0.101. The monoisotopic (exact) mass is 297 g/mol. The molecule has 0 unspecified atom stereocenters. The topological polar surface area (TPSA) is 71.1 Å². The lowest BCUT2D eigenvalue weighted by Gasteiger charge is -2.08. The van der Waals surface area contributed by atoms with E-state index in [0.717, 1.165) is 18.7 Å². The van der Waals surface area contributed by atoms with Crippen LogP contribution in [0.3, 0.4) is 0 Å². The Balaban J connectivity index is 2.06. The fourth-order valence-electron chi connectivity index (χ4n) is 1.92. The summed E-state index contributed by atoms with van der Waals surface area (Å²) in [4.78, 5) is 27.5. The van der Waals surface area contributed by atoms with Gasteiger partial charge in [-0.25, -0.2) is 0 Å². The maximum absolute atomic E-state index is 12.2. The summed E-state index contributed by atoms with van der Waals surface area (Å²) in [6.07, 6.45) is 4.21. The van der Waals surface area contributed by atoms with Gasteiger partial charge in [0.1, 0.15) is 0 Å². The summed E-state index contributed by atoms with van der Waals surface area (Å²) in [5.41, 5.74) is 2.56. The number of pyridine rings is 1. The molecule has 2 aromatic rings. The Morgan fingerprint density at radius 2 is 1.77 bits per heavy atom. The summed E-state index contributed by atoms with van der Waals surface area (Å²) in [6.45, 7) is 4.41. The van der Waals surface area contributed by atoms with Crippen molar-refractivity contribution in [1.29, 1.82) is 0 Å². The van der Waals surface area contributed by atoms with Gasteiger partial charge in [0.2, 0.25) is 0 Å². The molecule has 5 heteroatoms. The van der Waals surface area contributed by atoms with Crippen molar-refractivity contribution < 1.29 is 9.59 Å². The van der Waals surface area contributed by atoms with Crippen molar-refractivity contribution in [2.24, 2.45) is 0 Å². The summed E-state index contributed by atoms with van der Waals surface area (Å²) >= 11 is 0. The molecular weight excluding hydrogens is 278 g/mol.